The van der Waals surface area contributed by atoms with E-state index in [1.165, 1.54) is 12.1 Å². The standard InChI is InChI=1S/C30H35AsBrN11O5.ClH/c1-16(32)26(45)37-19-10-23(42(4)14-19)29(48)39-20-11-24(43(5)15-20)28(47)38-18-9-21(41(3)13-18)25(44)31-17-8-22(40(2)12-17)27(46)35-6-7-36-30(33)34;/h8-15,31H,1,6-7H2,2-5H3,(H,35,46)(H,37,45)(H,38,47)(H,39,48)(H4,33,34,36);1H. The van der Waals surface area contributed by atoms with Crippen LogP contribution in [0.3, 0.4) is 0 Å². The molecule has 49 heavy (non-hydrogen) atoms. The Bertz CT molecular complexity index is 1960. The Morgan fingerprint density at radius 3 is 1.65 bits per heavy atom. The maximum absolute atomic E-state index is 13.3. The van der Waals surface area contributed by atoms with Crippen LogP contribution in [0.5, 0.6) is 0 Å². The SMILES string of the molecule is C=C(Br)C(=O)Nc1cc(C(=O)Nc2cc(C(=O)Nc3cc(C(=O)[AsH]c4cc(C(=O)NCCNC(=N)N)n(C)c4)n(C)c3)n(C)c2)n(C)c1.Cl. The van der Waals surface area contributed by atoms with Crippen LogP contribution in [0, 0.1) is 5.41 Å². The molecule has 16 nitrogen and oxygen atoms in total. The van der Waals surface area contributed by atoms with Crippen molar-refractivity contribution in [1.82, 2.24) is 28.9 Å². The normalized spacial score (nSPS) is 10.7. The summed E-state index contributed by atoms with van der Waals surface area (Å²) in [5.74, 6) is -1.82. The Balaban J connectivity index is 0.00000650. The van der Waals surface area contributed by atoms with E-state index in [-0.39, 0.29) is 51.3 Å². The minimum absolute atomic E-state index is 0. The molecule has 0 aliphatic rings. The molecule has 1 unspecified atom stereocenters. The van der Waals surface area contributed by atoms with Crippen molar-refractivity contribution in [2.45, 2.75) is 0 Å². The van der Waals surface area contributed by atoms with Crippen molar-refractivity contribution in [2.24, 2.45) is 33.9 Å². The van der Waals surface area contributed by atoms with E-state index in [4.69, 9.17) is 11.1 Å². The van der Waals surface area contributed by atoms with E-state index in [1.807, 2.05) is 0 Å². The summed E-state index contributed by atoms with van der Waals surface area (Å²) < 4.78 is 7.24. The fourth-order valence-electron chi connectivity index (χ4n) is 4.68. The van der Waals surface area contributed by atoms with Crippen LogP contribution < -0.4 is 36.7 Å². The molecule has 0 radical (unpaired) electrons. The Kier molecular flexibility index (Phi) is 12.9. The number of nitrogens with zero attached hydrogens (tertiary/aromatic N) is 4. The number of nitrogens with two attached hydrogens (primary N) is 1. The average Bonchev–Trinajstić information content (AvgIpc) is 3.76. The van der Waals surface area contributed by atoms with Gasteiger partial charge in [0.05, 0.1) is 10.2 Å². The van der Waals surface area contributed by atoms with Crippen molar-refractivity contribution in [3.05, 3.63) is 82.9 Å². The number of carbonyl (C=O) groups is 5. The number of rotatable bonds is 13. The van der Waals surface area contributed by atoms with Gasteiger partial charge in [0.15, 0.2) is 0 Å². The van der Waals surface area contributed by atoms with Crippen molar-refractivity contribution in [2.75, 3.05) is 29.0 Å². The zero-order valence-electron chi connectivity index (χ0n) is 26.9. The monoisotopic (exact) mass is 819 g/mol. The molecule has 4 aromatic heterocycles. The van der Waals surface area contributed by atoms with Gasteiger partial charge in [-0.05, 0) is 22.0 Å². The first kappa shape index (κ1) is 38.5. The van der Waals surface area contributed by atoms with E-state index < -0.39 is 33.5 Å². The number of nitrogens with one attached hydrogen (secondary N) is 6. The third kappa shape index (κ3) is 9.78. The van der Waals surface area contributed by atoms with Gasteiger partial charge in [-0.15, -0.1) is 12.4 Å². The van der Waals surface area contributed by atoms with E-state index in [9.17, 15) is 24.0 Å². The van der Waals surface area contributed by atoms with Crippen LogP contribution in [0.2, 0.25) is 0 Å². The number of anilines is 3. The smallest absolute Gasteiger partial charge is 0.0276 e. The third-order valence-corrected chi connectivity index (χ3v) is 9.51. The molecule has 1 atom stereocenters. The van der Waals surface area contributed by atoms with Crippen LogP contribution in [0.25, 0.3) is 0 Å². The number of carbonyl (C=O) groups excluding carboxylic acids is 5. The van der Waals surface area contributed by atoms with Gasteiger partial charge in [-0.3, -0.25) is 4.79 Å². The maximum Gasteiger partial charge on any atom is 0.0276 e. The Labute approximate surface area is 302 Å². The molecule has 4 rings (SSSR count). The third-order valence-electron chi connectivity index (χ3n) is 6.95. The van der Waals surface area contributed by atoms with Gasteiger partial charge in [0.1, 0.15) is 0 Å². The number of halogens is 2. The van der Waals surface area contributed by atoms with Crippen molar-refractivity contribution < 1.29 is 24.0 Å². The first-order chi connectivity index (χ1) is 22.6. The van der Waals surface area contributed by atoms with Gasteiger partial charge in [-0.1, -0.05) is 6.58 Å². The van der Waals surface area contributed by atoms with Crippen molar-refractivity contribution >= 4 is 99.7 Å². The second-order valence-corrected chi connectivity index (χ2v) is 14.4. The number of hydrogen-bond acceptors (Lipinski definition) is 6. The van der Waals surface area contributed by atoms with E-state index in [1.54, 1.807) is 83.4 Å². The van der Waals surface area contributed by atoms with E-state index >= 15 is 0 Å². The Hall–Kier alpha value is -4.99. The minimum atomic E-state index is -1.34. The molecule has 4 amide bonds. The van der Waals surface area contributed by atoms with Gasteiger partial charge in [0.2, 0.25) is 0 Å². The molecule has 4 heterocycles. The summed E-state index contributed by atoms with van der Waals surface area (Å²) in [5.41, 5.74) is 7.81. The van der Waals surface area contributed by atoms with Gasteiger partial charge in [-0.25, -0.2) is 0 Å². The van der Waals surface area contributed by atoms with Crippen LogP contribution in [0.4, 0.5) is 17.1 Å². The average molecular weight is 821 g/mol. The summed E-state index contributed by atoms with van der Waals surface area (Å²) in [7, 11) is 6.76. The largest absolute Gasteiger partial charge is 0.344 e. The molecule has 0 spiro atoms. The zero-order valence-corrected chi connectivity index (χ0v) is 31.4. The second-order valence-electron chi connectivity index (χ2n) is 10.7. The molecule has 0 aliphatic carbocycles. The fraction of sp³-hybridized carbons (Fsp3) is 0.200. The first-order valence-electron chi connectivity index (χ1n) is 14.2. The fourth-order valence-corrected chi connectivity index (χ4v) is 7.10. The summed E-state index contributed by atoms with van der Waals surface area (Å²) in [6, 6.07) is 6.34. The summed E-state index contributed by atoms with van der Waals surface area (Å²) in [5, 5.41) is 20.7. The molecular formula is C30H36AsBrClN11O5. The number of hydrogen-bond donors (Lipinski definition) is 7. The summed E-state index contributed by atoms with van der Waals surface area (Å²) in [6.45, 7) is 4.11. The van der Waals surface area contributed by atoms with Crippen molar-refractivity contribution in [1.29, 1.82) is 5.41 Å². The van der Waals surface area contributed by atoms with Crippen molar-refractivity contribution in [3.63, 3.8) is 0 Å². The topological polar surface area (TPSA) is 215 Å². The molecule has 0 bridgehead atoms. The zero-order chi connectivity index (χ0) is 35.3. The van der Waals surface area contributed by atoms with E-state index in [0.717, 1.165) is 4.35 Å². The Morgan fingerprint density at radius 2 is 1.14 bits per heavy atom. The maximum atomic E-state index is 13.3. The van der Waals surface area contributed by atoms with Crippen LogP contribution >= 0.6 is 28.3 Å². The predicted octanol–water partition coefficient (Wildman–Crippen LogP) is 0.929. The van der Waals surface area contributed by atoms with Gasteiger partial charge in [0.25, 0.3) is 5.91 Å². The van der Waals surface area contributed by atoms with Crippen LogP contribution in [0.15, 0.2) is 60.1 Å². The minimum Gasteiger partial charge on any atom is -0.344 e. The van der Waals surface area contributed by atoms with Gasteiger partial charge in [0, 0.05) is 13.2 Å². The summed E-state index contributed by atoms with van der Waals surface area (Å²) in [6.07, 6.45) is 6.58. The molecule has 0 fully saturated rings. The van der Waals surface area contributed by atoms with Crippen LogP contribution in [-0.4, -0.2) is 81.3 Å². The van der Waals surface area contributed by atoms with E-state index in [0.29, 0.717) is 35.0 Å². The second kappa shape index (κ2) is 16.4. The van der Waals surface area contributed by atoms with Gasteiger partial charge in [-0.2, -0.15) is 0 Å². The van der Waals surface area contributed by atoms with E-state index in [2.05, 4.69) is 49.1 Å². The van der Waals surface area contributed by atoms with Crippen LogP contribution in [-0.2, 0) is 33.0 Å². The molecule has 0 saturated heterocycles. The van der Waals surface area contributed by atoms with Gasteiger partial charge < -0.3 is 9.88 Å². The molecular weight excluding hydrogens is 785 g/mol. The quantitative estimate of drug-likeness (QED) is 0.0341. The number of aromatic nitrogens is 4. The molecule has 8 N–H and O–H groups in total. The Morgan fingerprint density at radius 1 is 0.714 bits per heavy atom. The summed E-state index contributed by atoms with van der Waals surface area (Å²) in [4.78, 5) is 63.9. The molecule has 0 aliphatic heterocycles. The first-order valence-corrected chi connectivity index (χ1v) is 17.1. The number of guanidine groups is 1. The van der Waals surface area contributed by atoms with Crippen molar-refractivity contribution in [3.8, 4) is 0 Å². The molecule has 0 aromatic carbocycles. The molecule has 4 aromatic rings. The number of amides is 4. The molecule has 19 heteroatoms. The predicted molar refractivity (Wildman–Crippen MR) is 195 cm³/mol. The number of aryl methyl sites for hydroxylation is 4. The molecule has 260 valence electrons. The van der Waals surface area contributed by atoms with Crippen LogP contribution in [0.1, 0.15) is 42.0 Å². The molecule has 0 saturated carbocycles. The summed E-state index contributed by atoms with van der Waals surface area (Å²) >= 11 is 1.68. The van der Waals surface area contributed by atoms with Gasteiger partial charge >= 0.3 is 219 Å².